The Bertz CT molecular complexity index is 1150. The van der Waals surface area contributed by atoms with Crippen LogP contribution in [-0.2, 0) is 22.5 Å². The molecular weight excluding hydrogens is 410 g/mol. The van der Waals surface area contributed by atoms with Crippen molar-refractivity contribution >= 4 is 5.97 Å². The van der Waals surface area contributed by atoms with Crippen LogP contribution in [-0.4, -0.2) is 35.0 Å². The lowest BCUT2D eigenvalue weighted by Crippen LogP contribution is -2.29. The Balaban J connectivity index is 2.08. The van der Waals surface area contributed by atoms with Crippen LogP contribution in [0.3, 0.4) is 0 Å². The number of phenolic OH excluding ortho intramolecular Hbond substituents is 1. The van der Waals surface area contributed by atoms with E-state index >= 15 is 0 Å². The van der Waals surface area contributed by atoms with Crippen LogP contribution in [0, 0.1) is 6.92 Å². The summed E-state index contributed by atoms with van der Waals surface area (Å²) >= 11 is 0. The summed E-state index contributed by atoms with van der Waals surface area (Å²) in [5, 5.41) is 20.2. The highest BCUT2D eigenvalue weighted by Crippen LogP contribution is 2.37. The molecule has 0 aliphatic heterocycles. The van der Waals surface area contributed by atoms with Gasteiger partial charge in [-0.25, -0.2) is 0 Å². The Labute approximate surface area is 186 Å². The van der Waals surface area contributed by atoms with E-state index in [1.54, 1.807) is 60.0 Å². The molecule has 2 N–H and O–H groups in total. The van der Waals surface area contributed by atoms with Gasteiger partial charge < -0.3 is 24.3 Å². The van der Waals surface area contributed by atoms with Gasteiger partial charge in [0, 0.05) is 23.7 Å². The lowest BCUT2D eigenvalue weighted by Gasteiger charge is -2.22. The number of aryl methyl sites for hydroxylation is 2. The first-order valence-electron chi connectivity index (χ1n) is 10.3. The number of methoxy groups -OCH3 is 2. The van der Waals surface area contributed by atoms with Crippen molar-refractivity contribution in [1.29, 1.82) is 0 Å². The zero-order chi connectivity index (χ0) is 23.3. The molecule has 0 radical (unpaired) electrons. The van der Waals surface area contributed by atoms with E-state index in [-0.39, 0.29) is 29.0 Å². The monoisotopic (exact) mass is 437 g/mol. The van der Waals surface area contributed by atoms with Crippen LogP contribution in [0.4, 0.5) is 0 Å². The molecule has 3 aromatic rings. The average Bonchev–Trinajstić information content (AvgIpc) is 2.79. The largest absolute Gasteiger partial charge is 0.508 e. The van der Waals surface area contributed by atoms with Gasteiger partial charge in [0.2, 0.25) is 0 Å². The second-order valence-electron chi connectivity index (χ2n) is 7.53. The molecule has 2 aromatic carbocycles. The zero-order valence-corrected chi connectivity index (χ0v) is 18.4. The number of aromatic hydroxyl groups is 2. The van der Waals surface area contributed by atoms with Crippen LogP contribution < -0.4 is 10.3 Å². The third-order valence-corrected chi connectivity index (χ3v) is 5.54. The van der Waals surface area contributed by atoms with E-state index in [1.165, 1.54) is 20.3 Å². The smallest absolute Gasteiger partial charge is 0.306 e. The molecule has 0 amide bonds. The van der Waals surface area contributed by atoms with Crippen molar-refractivity contribution in [3.05, 3.63) is 87.3 Å². The molecule has 1 unspecified atom stereocenters. The second-order valence-corrected chi connectivity index (χ2v) is 7.53. The summed E-state index contributed by atoms with van der Waals surface area (Å²) in [5.41, 5.74) is 1.92. The number of para-hydroxylation sites is 1. The number of rotatable bonds is 8. The maximum atomic E-state index is 13.5. The minimum absolute atomic E-state index is 0.121. The van der Waals surface area contributed by atoms with Crippen LogP contribution in [0.5, 0.6) is 17.2 Å². The zero-order valence-electron chi connectivity index (χ0n) is 18.4. The summed E-state index contributed by atoms with van der Waals surface area (Å²) in [6.45, 7) is 2.12. The number of nitrogens with zero attached hydrogens (tertiary/aromatic N) is 1. The van der Waals surface area contributed by atoms with Gasteiger partial charge in [0.15, 0.2) is 0 Å². The van der Waals surface area contributed by atoms with Crippen molar-refractivity contribution in [1.82, 2.24) is 4.57 Å². The molecule has 0 spiro atoms. The molecule has 0 fully saturated rings. The Morgan fingerprint density at radius 3 is 2.41 bits per heavy atom. The number of hydrogen-bond donors (Lipinski definition) is 2. The van der Waals surface area contributed by atoms with Crippen molar-refractivity contribution in [2.24, 2.45) is 0 Å². The van der Waals surface area contributed by atoms with E-state index in [0.717, 1.165) is 5.56 Å². The average molecular weight is 437 g/mol. The van der Waals surface area contributed by atoms with Gasteiger partial charge in [-0.15, -0.1) is 0 Å². The quantitative estimate of drug-likeness (QED) is 0.524. The summed E-state index contributed by atoms with van der Waals surface area (Å²) in [6, 6.07) is 15.4. The van der Waals surface area contributed by atoms with Crippen molar-refractivity contribution in [3.8, 4) is 17.2 Å². The highest BCUT2D eigenvalue weighted by Gasteiger charge is 2.28. The summed E-state index contributed by atoms with van der Waals surface area (Å²) in [6.07, 6.45) is 0.433. The molecule has 1 heterocycles. The summed E-state index contributed by atoms with van der Waals surface area (Å²) in [4.78, 5) is 25.7. The summed E-state index contributed by atoms with van der Waals surface area (Å²) < 4.78 is 11.9. The number of benzene rings is 2. The van der Waals surface area contributed by atoms with Gasteiger partial charge in [-0.05, 0) is 43.2 Å². The van der Waals surface area contributed by atoms with E-state index in [1.807, 2.05) is 0 Å². The van der Waals surface area contributed by atoms with Crippen molar-refractivity contribution in [2.45, 2.75) is 32.2 Å². The maximum absolute atomic E-state index is 13.5. The molecule has 1 aromatic heterocycles. The first-order chi connectivity index (χ1) is 15.3. The highest BCUT2D eigenvalue weighted by atomic mass is 16.5. The van der Waals surface area contributed by atoms with Gasteiger partial charge in [-0.3, -0.25) is 9.59 Å². The molecule has 32 heavy (non-hydrogen) atoms. The van der Waals surface area contributed by atoms with Crippen LogP contribution >= 0.6 is 0 Å². The SMILES string of the molecule is COC(=O)CC(c1ccccc1OC)c1c(O)cc(C)n(CCc2ccc(O)cc2)c1=O. The van der Waals surface area contributed by atoms with Gasteiger partial charge in [0.1, 0.15) is 17.2 Å². The van der Waals surface area contributed by atoms with E-state index < -0.39 is 11.9 Å². The normalized spacial score (nSPS) is 11.7. The minimum Gasteiger partial charge on any atom is -0.508 e. The van der Waals surface area contributed by atoms with Gasteiger partial charge in [0.05, 0.1) is 26.2 Å². The number of pyridine rings is 1. The van der Waals surface area contributed by atoms with Crippen LogP contribution in [0.1, 0.15) is 34.7 Å². The minimum atomic E-state index is -0.744. The molecule has 7 heteroatoms. The fraction of sp³-hybridized carbons (Fsp3) is 0.280. The lowest BCUT2D eigenvalue weighted by molar-refractivity contribution is -0.140. The molecule has 0 aliphatic rings. The number of phenols is 1. The molecule has 0 bridgehead atoms. The first kappa shape index (κ1) is 22.9. The molecule has 0 saturated heterocycles. The second kappa shape index (κ2) is 10.0. The van der Waals surface area contributed by atoms with Gasteiger partial charge in [-0.1, -0.05) is 30.3 Å². The molecule has 0 saturated carbocycles. The lowest BCUT2D eigenvalue weighted by atomic mass is 9.87. The van der Waals surface area contributed by atoms with Gasteiger partial charge >= 0.3 is 5.97 Å². The number of carbonyl (C=O) groups excluding carboxylic acids is 1. The molecule has 168 valence electrons. The van der Waals surface area contributed by atoms with Crippen molar-refractivity contribution in [3.63, 3.8) is 0 Å². The number of hydrogen-bond acceptors (Lipinski definition) is 6. The van der Waals surface area contributed by atoms with Gasteiger partial charge in [0.25, 0.3) is 5.56 Å². The third-order valence-electron chi connectivity index (χ3n) is 5.54. The highest BCUT2D eigenvalue weighted by molar-refractivity contribution is 5.72. The van der Waals surface area contributed by atoms with Crippen molar-refractivity contribution in [2.75, 3.05) is 14.2 Å². The summed E-state index contributed by atoms with van der Waals surface area (Å²) in [7, 11) is 2.80. The van der Waals surface area contributed by atoms with E-state index in [9.17, 15) is 19.8 Å². The maximum Gasteiger partial charge on any atom is 0.306 e. The van der Waals surface area contributed by atoms with Crippen LogP contribution in [0.2, 0.25) is 0 Å². The number of carbonyl (C=O) groups is 1. The third kappa shape index (κ3) is 4.94. The number of esters is 1. The molecule has 0 aliphatic carbocycles. The predicted molar refractivity (Wildman–Crippen MR) is 120 cm³/mol. The molecule has 1 atom stereocenters. The molecule has 7 nitrogen and oxygen atoms in total. The van der Waals surface area contributed by atoms with Crippen LogP contribution in [0.15, 0.2) is 59.4 Å². The predicted octanol–water partition coefficient (Wildman–Crippen LogP) is 3.51. The molecular formula is C25H27NO6. The molecule has 3 rings (SSSR count). The Kier molecular flexibility index (Phi) is 7.20. The van der Waals surface area contributed by atoms with Crippen molar-refractivity contribution < 1.29 is 24.5 Å². The Morgan fingerprint density at radius 1 is 1.06 bits per heavy atom. The van der Waals surface area contributed by atoms with E-state index in [4.69, 9.17) is 9.47 Å². The fourth-order valence-corrected chi connectivity index (χ4v) is 3.85. The number of ether oxygens (including phenoxy) is 2. The fourth-order valence-electron chi connectivity index (χ4n) is 3.85. The van der Waals surface area contributed by atoms with E-state index in [2.05, 4.69) is 0 Å². The Hall–Kier alpha value is -3.74. The van der Waals surface area contributed by atoms with E-state index in [0.29, 0.717) is 30.0 Å². The Morgan fingerprint density at radius 2 is 1.75 bits per heavy atom. The summed E-state index contributed by atoms with van der Waals surface area (Å²) in [5.74, 6) is -0.733. The topological polar surface area (TPSA) is 98.0 Å². The van der Waals surface area contributed by atoms with Gasteiger partial charge in [-0.2, -0.15) is 0 Å². The van der Waals surface area contributed by atoms with Crippen LogP contribution in [0.25, 0.3) is 0 Å². The standard InChI is InChI=1S/C25H27NO6/c1-16-14-21(28)24(25(30)26(16)13-12-17-8-10-18(27)11-9-17)20(15-23(29)32-3)19-6-4-5-7-22(19)31-2/h4-11,14,20,27-28H,12-13,15H2,1-3H3. The number of aromatic nitrogens is 1. The first-order valence-corrected chi connectivity index (χ1v) is 10.3.